The summed E-state index contributed by atoms with van der Waals surface area (Å²) in [6.45, 7) is 0. The molecule has 0 aliphatic rings. The van der Waals surface area contributed by atoms with Crippen molar-refractivity contribution < 1.29 is 24.2 Å². The van der Waals surface area contributed by atoms with Crippen LogP contribution in [0.5, 0.6) is 17.2 Å². The van der Waals surface area contributed by atoms with Gasteiger partial charge in [0.15, 0.2) is 11.5 Å². The molecule has 25 heavy (non-hydrogen) atoms. The van der Waals surface area contributed by atoms with E-state index in [1.807, 2.05) is 0 Å². The number of thioether (sulfide) groups is 1. The summed E-state index contributed by atoms with van der Waals surface area (Å²) in [6, 6.07) is 11.0. The van der Waals surface area contributed by atoms with Gasteiger partial charge in [-0.3, -0.25) is 4.79 Å². The molecule has 0 aliphatic carbocycles. The Kier molecular flexibility index (Phi) is 5.25. The molecule has 0 amide bonds. The molecule has 0 radical (unpaired) electrons. The van der Waals surface area contributed by atoms with Gasteiger partial charge in [-0.25, -0.2) is 0 Å². The Morgan fingerprint density at radius 1 is 1.12 bits per heavy atom. The Bertz CT molecular complexity index is 898. The molecule has 3 aromatic rings. The first-order valence-corrected chi connectivity index (χ1v) is 8.74. The van der Waals surface area contributed by atoms with Crippen molar-refractivity contribution in [3.63, 3.8) is 0 Å². The zero-order valence-corrected chi connectivity index (χ0v) is 15.0. The lowest BCUT2D eigenvalue weighted by atomic mass is 10.2. The second-order valence-corrected chi connectivity index (χ2v) is 6.64. The predicted octanol–water partition coefficient (Wildman–Crippen LogP) is 3.61. The Labute approximate surface area is 154 Å². The molecule has 9 heteroatoms. The summed E-state index contributed by atoms with van der Waals surface area (Å²) in [5, 5.41) is 26.6. The number of aromatic hydroxyl groups is 2. The molecule has 1 aromatic heterocycles. The van der Waals surface area contributed by atoms with Crippen molar-refractivity contribution in [1.82, 2.24) is 10.2 Å². The fourth-order valence-corrected chi connectivity index (χ4v) is 2.63. The van der Waals surface area contributed by atoms with E-state index in [0.29, 0.717) is 11.3 Å². The molecule has 7 nitrogen and oxygen atoms in total. The summed E-state index contributed by atoms with van der Waals surface area (Å²) >= 11 is 4.34. The largest absolute Gasteiger partial charge is 0.504 e. The number of benzene rings is 2. The molecule has 128 valence electrons. The number of esters is 1. The van der Waals surface area contributed by atoms with E-state index in [1.165, 1.54) is 18.2 Å². The number of ether oxygens (including phenoxy) is 1. The Morgan fingerprint density at radius 3 is 2.60 bits per heavy atom. The van der Waals surface area contributed by atoms with Crippen LogP contribution in [0, 0.1) is 0 Å². The van der Waals surface area contributed by atoms with Crippen molar-refractivity contribution in [2.45, 2.75) is 5.22 Å². The SMILES string of the molecule is O=C(CSc1nnc(-c2ccc(O)c(O)c2)o1)Oc1ccc(Br)cc1. The van der Waals surface area contributed by atoms with Gasteiger partial charge in [-0.2, -0.15) is 0 Å². The lowest BCUT2D eigenvalue weighted by molar-refractivity contribution is -0.131. The lowest BCUT2D eigenvalue weighted by Crippen LogP contribution is -2.10. The first kappa shape index (κ1) is 17.3. The van der Waals surface area contributed by atoms with E-state index < -0.39 is 5.97 Å². The average molecular weight is 423 g/mol. The Hall–Kier alpha value is -2.52. The third-order valence-electron chi connectivity index (χ3n) is 2.99. The maximum absolute atomic E-state index is 11.8. The van der Waals surface area contributed by atoms with Gasteiger partial charge in [0.2, 0.25) is 5.89 Å². The molecule has 1 heterocycles. The molecule has 2 N–H and O–H groups in total. The van der Waals surface area contributed by atoms with Crippen molar-refractivity contribution in [1.29, 1.82) is 0 Å². The zero-order chi connectivity index (χ0) is 17.8. The number of halogens is 1. The molecule has 3 rings (SSSR count). The third kappa shape index (κ3) is 4.52. The van der Waals surface area contributed by atoms with Crippen molar-refractivity contribution in [2.75, 3.05) is 5.75 Å². The molecule has 2 aromatic carbocycles. The normalized spacial score (nSPS) is 10.6. The van der Waals surface area contributed by atoms with Gasteiger partial charge in [0.05, 0.1) is 0 Å². The zero-order valence-electron chi connectivity index (χ0n) is 12.5. The summed E-state index contributed by atoms with van der Waals surface area (Å²) in [5.74, 6) is -0.372. The maximum atomic E-state index is 11.8. The maximum Gasteiger partial charge on any atom is 0.321 e. The summed E-state index contributed by atoms with van der Waals surface area (Å²) in [7, 11) is 0. The minimum Gasteiger partial charge on any atom is -0.504 e. The van der Waals surface area contributed by atoms with Gasteiger partial charge in [0, 0.05) is 10.0 Å². The van der Waals surface area contributed by atoms with Crippen molar-refractivity contribution in [3.8, 4) is 28.7 Å². The van der Waals surface area contributed by atoms with Crippen LogP contribution in [0.2, 0.25) is 0 Å². The minimum atomic E-state index is -0.450. The number of rotatable bonds is 5. The van der Waals surface area contributed by atoms with Crippen LogP contribution in [0.4, 0.5) is 0 Å². The van der Waals surface area contributed by atoms with Gasteiger partial charge < -0.3 is 19.4 Å². The van der Waals surface area contributed by atoms with Gasteiger partial charge in [-0.05, 0) is 42.5 Å². The number of hydrogen-bond acceptors (Lipinski definition) is 8. The summed E-state index contributed by atoms with van der Waals surface area (Å²) in [5.41, 5.74) is 0.451. The van der Waals surface area contributed by atoms with Crippen LogP contribution in [0.3, 0.4) is 0 Å². The summed E-state index contributed by atoms with van der Waals surface area (Å²) < 4.78 is 11.5. The van der Waals surface area contributed by atoms with Crippen LogP contribution in [-0.4, -0.2) is 32.1 Å². The second kappa shape index (κ2) is 7.58. The van der Waals surface area contributed by atoms with Gasteiger partial charge >= 0.3 is 5.97 Å². The number of phenolic OH excluding ortho intramolecular Hbond substituents is 2. The van der Waals surface area contributed by atoms with Gasteiger partial charge in [-0.1, -0.05) is 27.7 Å². The van der Waals surface area contributed by atoms with E-state index >= 15 is 0 Å². The first-order chi connectivity index (χ1) is 12.0. The topological polar surface area (TPSA) is 106 Å². The molecule has 0 bridgehead atoms. The number of nitrogens with zero attached hydrogens (tertiary/aromatic N) is 2. The number of aromatic nitrogens is 2. The highest BCUT2D eigenvalue weighted by molar-refractivity contribution is 9.10. The predicted molar refractivity (Wildman–Crippen MR) is 93.6 cm³/mol. The van der Waals surface area contributed by atoms with Crippen molar-refractivity contribution >= 4 is 33.7 Å². The van der Waals surface area contributed by atoms with Crippen LogP contribution in [0.25, 0.3) is 11.5 Å². The van der Waals surface area contributed by atoms with Crippen LogP contribution in [0.1, 0.15) is 0 Å². The lowest BCUT2D eigenvalue weighted by Gasteiger charge is -2.02. The highest BCUT2D eigenvalue weighted by atomic mass is 79.9. The standard InChI is InChI=1S/C16H11BrN2O5S/c17-10-2-4-11(5-3-10)23-14(22)8-25-16-19-18-15(24-16)9-1-6-12(20)13(21)7-9/h1-7,20-21H,8H2. The molecular formula is C16H11BrN2O5S. The van der Waals surface area contributed by atoms with E-state index in [9.17, 15) is 15.0 Å². The van der Waals surface area contributed by atoms with Crippen LogP contribution < -0.4 is 4.74 Å². The van der Waals surface area contributed by atoms with Crippen molar-refractivity contribution in [3.05, 3.63) is 46.9 Å². The average Bonchev–Trinajstić information content (AvgIpc) is 3.07. The molecule has 0 saturated heterocycles. The van der Waals surface area contributed by atoms with Crippen molar-refractivity contribution in [2.24, 2.45) is 0 Å². The highest BCUT2D eigenvalue weighted by Gasteiger charge is 2.13. The molecular weight excluding hydrogens is 412 g/mol. The third-order valence-corrected chi connectivity index (χ3v) is 4.31. The van der Waals surface area contributed by atoms with Gasteiger partial charge in [0.25, 0.3) is 5.22 Å². The van der Waals surface area contributed by atoms with E-state index in [4.69, 9.17) is 9.15 Å². The van der Waals surface area contributed by atoms with Crippen LogP contribution >= 0.6 is 27.7 Å². The number of hydrogen-bond donors (Lipinski definition) is 2. The van der Waals surface area contributed by atoms with E-state index in [0.717, 1.165) is 16.2 Å². The fraction of sp³-hybridized carbons (Fsp3) is 0.0625. The molecule has 0 unspecified atom stereocenters. The first-order valence-electron chi connectivity index (χ1n) is 6.96. The fourth-order valence-electron chi connectivity index (χ4n) is 1.83. The van der Waals surface area contributed by atoms with Crippen LogP contribution in [-0.2, 0) is 4.79 Å². The Balaban J connectivity index is 1.58. The number of carbonyl (C=O) groups excluding carboxylic acids is 1. The molecule has 0 saturated carbocycles. The number of phenols is 2. The summed E-state index contributed by atoms with van der Waals surface area (Å²) in [4.78, 5) is 11.8. The van der Waals surface area contributed by atoms with Gasteiger partial charge in [0.1, 0.15) is 11.5 Å². The molecule has 0 aliphatic heterocycles. The van der Waals surface area contributed by atoms with E-state index in [1.54, 1.807) is 24.3 Å². The number of carbonyl (C=O) groups is 1. The van der Waals surface area contributed by atoms with Gasteiger partial charge in [-0.15, -0.1) is 10.2 Å². The smallest absolute Gasteiger partial charge is 0.321 e. The second-order valence-electron chi connectivity index (χ2n) is 4.79. The molecule has 0 fully saturated rings. The Morgan fingerprint density at radius 2 is 1.88 bits per heavy atom. The quantitative estimate of drug-likeness (QED) is 0.278. The summed E-state index contributed by atoms with van der Waals surface area (Å²) in [6.07, 6.45) is 0. The van der Waals surface area contributed by atoms with E-state index in [2.05, 4.69) is 26.1 Å². The molecule has 0 atom stereocenters. The highest BCUT2D eigenvalue weighted by Crippen LogP contribution is 2.31. The van der Waals surface area contributed by atoms with E-state index in [-0.39, 0.29) is 28.4 Å². The van der Waals surface area contributed by atoms with Crippen LogP contribution in [0.15, 0.2) is 56.6 Å². The minimum absolute atomic E-state index is 0.00146. The molecule has 0 spiro atoms. The monoisotopic (exact) mass is 422 g/mol.